The van der Waals surface area contributed by atoms with Gasteiger partial charge in [0.15, 0.2) is 0 Å². The van der Waals surface area contributed by atoms with Gasteiger partial charge in [-0.25, -0.2) is 13.1 Å². The van der Waals surface area contributed by atoms with Gasteiger partial charge < -0.3 is 5.11 Å². The van der Waals surface area contributed by atoms with E-state index in [-0.39, 0.29) is 16.0 Å². The molecule has 0 amide bonds. The summed E-state index contributed by atoms with van der Waals surface area (Å²) in [6, 6.07) is 1.42. The lowest BCUT2D eigenvalue weighted by molar-refractivity contribution is -0.143. The second-order valence-corrected chi connectivity index (χ2v) is 9.87. The number of hydrogen-bond acceptors (Lipinski definition) is 4. The van der Waals surface area contributed by atoms with Gasteiger partial charge in [0.25, 0.3) is 0 Å². The first kappa shape index (κ1) is 17.2. The van der Waals surface area contributed by atoms with Gasteiger partial charge in [0.1, 0.15) is 4.21 Å². The zero-order chi connectivity index (χ0) is 15.6. The molecule has 21 heavy (non-hydrogen) atoms. The molecule has 1 saturated carbocycles. The van der Waals surface area contributed by atoms with Crippen LogP contribution in [0.4, 0.5) is 0 Å². The van der Waals surface area contributed by atoms with Crippen molar-refractivity contribution in [1.29, 1.82) is 0 Å². The minimum atomic E-state index is -3.55. The summed E-state index contributed by atoms with van der Waals surface area (Å²) in [6.07, 6.45) is 2.68. The van der Waals surface area contributed by atoms with E-state index in [1.807, 2.05) is 0 Å². The fourth-order valence-electron chi connectivity index (χ4n) is 2.37. The third-order valence-electron chi connectivity index (χ3n) is 3.65. The summed E-state index contributed by atoms with van der Waals surface area (Å²) in [6.45, 7) is 0.335. The first-order valence-corrected chi connectivity index (χ1v) is 9.94. The van der Waals surface area contributed by atoms with Crippen molar-refractivity contribution in [2.24, 2.45) is 11.8 Å². The predicted molar refractivity (Wildman–Crippen MR) is 85.3 cm³/mol. The fourth-order valence-corrected chi connectivity index (χ4v) is 5.93. The highest BCUT2D eigenvalue weighted by Gasteiger charge is 2.27. The van der Waals surface area contributed by atoms with Crippen LogP contribution in [0.1, 0.15) is 25.7 Å². The molecule has 1 heterocycles. The lowest BCUT2D eigenvalue weighted by atomic mass is 9.82. The average molecular weight is 417 g/mol. The zero-order valence-corrected chi connectivity index (χ0v) is 15.0. The summed E-state index contributed by atoms with van der Waals surface area (Å²) in [7, 11) is -3.55. The highest BCUT2D eigenvalue weighted by Crippen LogP contribution is 2.35. The number of carbonyl (C=O) groups is 1. The molecule has 2 N–H and O–H groups in total. The van der Waals surface area contributed by atoms with Crippen molar-refractivity contribution >= 4 is 54.9 Å². The Kier molecular flexibility index (Phi) is 5.70. The zero-order valence-electron chi connectivity index (χ0n) is 11.0. The Labute approximate surface area is 140 Å². The number of rotatable bonds is 5. The van der Waals surface area contributed by atoms with E-state index >= 15 is 0 Å². The summed E-state index contributed by atoms with van der Waals surface area (Å²) >= 11 is 10.1. The molecule has 1 aromatic rings. The van der Waals surface area contributed by atoms with E-state index in [0.29, 0.717) is 28.2 Å². The number of nitrogens with one attached hydrogen (secondary N) is 1. The van der Waals surface area contributed by atoms with E-state index < -0.39 is 16.0 Å². The summed E-state index contributed by atoms with van der Waals surface area (Å²) < 4.78 is 27.6. The van der Waals surface area contributed by atoms with Gasteiger partial charge in [0.2, 0.25) is 10.0 Å². The Morgan fingerprint density at radius 1 is 1.43 bits per heavy atom. The third-order valence-corrected chi connectivity index (χ3v) is 8.02. The van der Waals surface area contributed by atoms with Gasteiger partial charge in [0, 0.05) is 6.54 Å². The van der Waals surface area contributed by atoms with Gasteiger partial charge in [-0.3, -0.25) is 4.79 Å². The van der Waals surface area contributed by atoms with Crippen molar-refractivity contribution in [3.05, 3.63) is 14.9 Å². The summed E-state index contributed by atoms with van der Waals surface area (Å²) in [5, 5.41) is 9.31. The van der Waals surface area contributed by atoms with Crippen molar-refractivity contribution in [3.8, 4) is 0 Å². The molecule has 0 atom stereocenters. The van der Waals surface area contributed by atoms with Crippen molar-refractivity contribution in [1.82, 2.24) is 4.72 Å². The van der Waals surface area contributed by atoms with Gasteiger partial charge in [-0.05, 0) is 53.6 Å². The van der Waals surface area contributed by atoms with Crippen molar-refractivity contribution in [3.63, 3.8) is 0 Å². The Morgan fingerprint density at radius 3 is 2.52 bits per heavy atom. The Hall–Kier alpha value is -0.150. The molecule has 0 bridgehead atoms. The second-order valence-electron chi connectivity index (χ2n) is 5.09. The van der Waals surface area contributed by atoms with Crippen LogP contribution in [0, 0.1) is 11.8 Å². The first-order valence-electron chi connectivity index (χ1n) is 6.47. The summed E-state index contributed by atoms with van der Waals surface area (Å²) in [4.78, 5) is 10.9. The minimum absolute atomic E-state index is 0.179. The van der Waals surface area contributed by atoms with Crippen LogP contribution in [0.15, 0.2) is 14.1 Å². The van der Waals surface area contributed by atoms with Gasteiger partial charge in [-0.15, -0.1) is 11.3 Å². The number of thiophene rings is 1. The molecule has 1 aliphatic rings. The highest BCUT2D eigenvalue weighted by molar-refractivity contribution is 9.11. The van der Waals surface area contributed by atoms with Crippen LogP contribution < -0.4 is 4.72 Å². The normalized spacial score (nSPS) is 23.1. The smallest absolute Gasteiger partial charge is 0.306 e. The molecule has 0 aliphatic heterocycles. The van der Waals surface area contributed by atoms with Crippen LogP contribution in [0.3, 0.4) is 0 Å². The lowest BCUT2D eigenvalue weighted by Gasteiger charge is -2.25. The standard InChI is InChI=1S/C12H15BrClNO4S2/c13-11-9(14)5-10(20-11)21(18,19)15-6-7-1-3-8(4-2-7)12(16)17/h5,7-8,15H,1-4,6H2,(H,16,17). The van der Waals surface area contributed by atoms with Crippen LogP contribution in [-0.2, 0) is 14.8 Å². The molecule has 1 aliphatic carbocycles. The molecule has 1 aromatic heterocycles. The molecule has 118 valence electrons. The molecule has 0 saturated heterocycles. The van der Waals surface area contributed by atoms with Gasteiger partial charge >= 0.3 is 5.97 Å². The Bertz CT molecular complexity index is 604. The molecule has 5 nitrogen and oxygen atoms in total. The van der Waals surface area contributed by atoms with E-state index in [0.717, 1.165) is 24.2 Å². The number of carboxylic acids is 1. The minimum Gasteiger partial charge on any atom is -0.481 e. The quantitative estimate of drug-likeness (QED) is 0.771. The summed E-state index contributed by atoms with van der Waals surface area (Å²) in [5.74, 6) is -0.855. The van der Waals surface area contributed by atoms with Crippen molar-refractivity contribution in [2.45, 2.75) is 29.9 Å². The van der Waals surface area contributed by atoms with E-state index in [1.54, 1.807) is 0 Å². The Balaban J connectivity index is 1.90. The number of carboxylic acid groups (broad SMARTS) is 1. The molecule has 1 fully saturated rings. The molecule has 0 spiro atoms. The van der Waals surface area contributed by atoms with Crippen LogP contribution in [0.2, 0.25) is 5.02 Å². The van der Waals surface area contributed by atoms with E-state index in [9.17, 15) is 13.2 Å². The highest BCUT2D eigenvalue weighted by atomic mass is 79.9. The fraction of sp³-hybridized carbons (Fsp3) is 0.583. The average Bonchev–Trinajstić information content (AvgIpc) is 2.78. The maximum Gasteiger partial charge on any atom is 0.306 e. The molecule has 0 unspecified atom stereocenters. The SMILES string of the molecule is O=C(O)C1CCC(CNS(=O)(=O)c2cc(Cl)c(Br)s2)CC1. The van der Waals surface area contributed by atoms with Crippen LogP contribution >= 0.6 is 38.9 Å². The molecular weight excluding hydrogens is 402 g/mol. The van der Waals surface area contributed by atoms with Gasteiger partial charge in [-0.2, -0.15) is 0 Å². The number of sulfonamides is 1. The van der Waals surface area contributed by atoms with Crippen molar-refractivity contribution < 1.29 is 18.3 Å². The third kappa shape index (κ3) is 4.41. The molecule has 9 heteroatoms. The second kappa shape index (κ2) is 6.95. The molecule has 0 aromatic carbocycles. The van der Waals surface area contributed by atoms with E-state index in [1.165, 1.54) is 6.07 Å². The number of aliphatic carboxylic acids is 1. The topological polar surface area (TPSA) is 83.5 Å². The lowest BCUT2D eigenvalue weighted by Crippen LogP contribution is -2.32. The van der Waals surface area contributed by atoms with Gasteiger partial charge in [-0.1, -0.05) is 11.6 Å². The number of halogens is 2. The van der Waals surface area contributed by atoms with Crippen LogP contribution in [-0.4, -0.2) is 26.0 Å². The largest absolute Gasteiger partial charge is 0.481 e. The van der Waals surface area contributed by atoms with E-state index in [4.69, 9.17) is 16.7 Å². The summed E-state index contributed by atoms with van der Waals surface area (Å²) in [5.41, 5.74) is 0. The first-order chi connectivity index (χ1) is 9.79. The monoisotopic (exact) mass is 415 g/mol. The number of hydrogen-bond donors (Lipinski definition) is 2. The molecular formula is C12H15BrClNO4S2. The van der Waals surface area contributed by atoms with Crippen LogP contribution in [0.5, 0.6) is 0 Å². The molecule has 0 radical (unpaired) electrons. The van der Waals surface area contributed by atoms with Crippen LogP contribution in [0.25, 0.3) is 0 Å². The Morgan fingerprint density at radius 2 is 2.05 bits per heavy atom. The predicted octanol–water partition coefficient (Wildman–Crippen LogP) is 3.33. The maximum absolute atomic E-state index is 12.1. The van der Waals surface area contributed by atoms with Crippen molar-refractivity contribution in [2.75, 3.05) is 6.54 Å². The van der Waals surface area contributed by atoms with E-state index in [2.05, 4.69) is 20.7 Å². The molecule has 2 rings (SSSR count). The maximum atomic E-state index is 12.1. The van der Waals surface area contributed by atoms with Gasteiger partial charge in [0.05, 0.1) is 14.7 Å².